The fourth-order valence-corrected chi connectivity index (χ4v) is 2.56. The second-order valence-corrected chi connectivity index (χ2v) is 6.12. The van der Waals surface area contributed by atoms with Crippen molar-refractivity contribution >= 4 is 16.7 Å². The molecule has 0 aromatic heterocycles. The van der Waals surface area contributed by atoms with E-state index >= 15 is 0 Å². The molecular weight excluding hydrogens is 316 g/mol. The summed E-state index contributed by atoms with van der Waals surface area (Å²) in [5.41, 5.74) is 0. The number of esters is 1. The van der Waals surface area contributed by atoms with Gasteiger partial charge in [-0.05, 0) is 67.1 Å². The van der Waals surface area contributed by atoms with Crippen molar-refractivity contribution in [1.82, 2.24) is 0 Å². The van der Waals surface area contributed by atoms with Crippen molar-refractivity contribution in [2.45, 2.75) is 46.0 Å². The van der Waals surface area contributed by atoms with E-state index in [-0.39, 0.29) is 5.97 Å². The molecule has 25 heavy (non-hydrogen) atoms. The third kappa shape index (κ3) is 7.04. The van der Waals surface area contributed by atoms with Crippen LogP contribution in [-0.2, 0) is 9.53 Å². The van der Waals surface area contributed by atoms with E-state index < -0.39 is 0 Å². The maximum absolute atomic E-state index is 10.6. The molecule has 0 spiro atoms. The van der Waals surface area contributed by atoms with Crippen LogP contribution in [0.15, 0.2) is 36.4 Å². The second kappa shape index (κ2) is 10.6. The minimum Gasteiger partial charge on any atom is -0.494 e. The largest absolute Gasteiger partial charge is 0.494 e. The molecule has 0 bridgehead atoms. The quantitative estimate of drug-likeness (QED) is 0.419. The molecule has 0 aliphatic heterocycles. The smallest absolute Gasteiger partial charge is 0.302 e. The van der Waals surface area contributed by atoms with E-state index in [0.717, 1.165) is 61.0 Å². The lowest BCUT2D eigenvalue weighted by Gasteiger charge is -2.09. The van der Waals surface area contributed by atoms with Gasteiger partial charge in [-0.25, -0.2) is 0 Å². The van der Waals surface area contributed by atoms with E-state index in [0.29, 0.717) is 13.2 Å². The molecule has 2 rings (SSSR count). The van der Waals surface area contributed by atoms with E-state index in [4.69, 9.17) is 14.2 Å². The molecule has 0 aliphatic rings. The molecule has 4 nitrogen and oxygen atoms in total. The Kier molecular flexibility index (Phi) is 8.10. The van der Waals surface area contributed by atoms with Gasteiger partial charge in [0.05, 0.1) is 19.8 Å². The van der Waals surface area contributed by atoms with Crippen molar-refractivity contribution in [1.29, 1.82) is 0 Å². The summed E-state index contributed by atoms with van der Waals surface area (Å²) in [6, 6.07) is 12.3. The van der Waals surface area contributed by atoms with E-state index in [2.05, 4.69) is 31.2 Å². The summed E-state index contributed by atoms with van der Waals surface area (Å²) in [4.78, 5) is 10.6. The summed E-state index contributed by atoms with van der Waals surface area (Å²) in [6.07, 6.45) is 5.05. The van der Waals surface area contributed by atoms with Gasteiger partial charge in [-0.3, -0.25) is 4.79 Å². The maximum atomic E-state index is 10.6. The molecule has 0 aliphatic carbocycles. The van der Waals surface area contributed by atoms with Crippen LogP contribution in [0.3, 0.4) is 0 Å². The van der Waals surface area contributed by atoms with Crippen LogP contribution in [0.2, 0.25) is 0 Å². The number of carbonyl (C=O) groups is 1. The molecule has 136 valence electrons. The summed E-state index contributed by atoms with van der Waals surface area (Å²) in [5.74, 6) is 1.61. The molecule has 2 aromatic carbocycles. The molecule has 0 fully saturated rings. The van der Waals surface area contributed by atoms with Crippen LogP contribution in [0.1, 0.15) is 46.0 Å². The van der Waals surface area contributed by atoms with Gasteiger partial charge >= 0.3 is 5.97 Å². The van der Waals surface area contributed by atoms with Gasteiger partial charge in [0.25, 0.3) is 0 Å². The molecular formula is C21H28O4. The lowest BCUT2D eigenvalue weighted by Crippen LogP contribution is -2.01. The fourth-order valence-electron chi connectivity index (χ4n) is 2.56. The summed E-state index contributed by atoms with van der Waals surface area (Å²) < 4.78 is 16.4. The average Bonchev–Trinajstić information content (AvgIpc) is 2.61. The lowest BCUT2D eigenvalue weighted by molar-refractivity contribution is -0.141. The zero-order valence-corrected chi connectivity index (χ0v) is 15.3. The van der Waals surface area contributed by atoms with Crippen LogP contribution in [0.4, 0.5) is 0 Å². The Labute approximate surface area is 150 Å². The Morgan fingerprint density at radius 3 is 1.92 bits per heavy atom. The molecule has 4 heteroatoms. The minimum atomic E-state index is -0.205. The van der Waals surface area contributed by atoms with Crippen LogP contribution >= 0.6 is 0 Å². The average molecular weight is 344 g/mol. The summed E-state index contributed by atoms with van der Waals surface area (Å²) in [7, 11) is 0. The van der Waals surface area contributed by atoms with Crippen LogP contribution in [0.5, 0.6) is 11.5 Å². The number of fused-ring (bicyclic) bond motifs is 1. The first-order chi connectivity index (χ1) is 12.2. The molecule has 2 aromatic rings. The third-order valence-corrected chi connectivity index (χ3v) is 3.87. The number of unbranched alkanes of at least 4 members (excludes halogenated alkanes) is 3. The SMILES string of the molecule is CCCOc1ccc2cc(OCCCCCCOC(C)=O)ccc2c1. The number of hydrogen-bond acceptors (Lipinski definition) is 4. The standard InChI is InChI=1S/C21H28O4/c1-3-12-24-20-10-8-19-16-21(11-9-18(19)15-20)25-14-7-5-4-6-13-23-17(2)22/h8-11,15-16H,3-7,12-14H2,1-2H3. The van der Waals surface area contributed by atoms with E-state index in [9.17, 15) is 4.79 Å². The first-order valence-corrected chi connectivity index (χ1v) is 9.12. The Hall–Kier alpha value is -2.23. The Balaban J connectivity index is 1.71. The van der Waals surface area contributed by atoms with Gasteiger partial charge in [0.1, 0.15) is 11.5 Å². The van der Waals surface area contributed by atoms with Crippen molar-refractivity contribution in [3.63, 3.8) is 0 Å². The first kappa shape index (κ1) is 19.1. The topological polar surface area (TPSA) is 44.8 Å². The molecule has 0 heterocycles. The monoisotopic (exact) mass is 344 g/mol. The molecule has 0 amide bonds. The molecule has 0 saturated carbocycles. The Bertz CT molecular complexity index is 666. The van der Waals surface area contributed by atoms with Crippen molar-refractivity contribution in [3.8, 4) is 11.5 Å². The highest BCUT2D eigenvalue weighted by Crippen LogP contribution is 2.25. The number of rotatable bonds is 11. The summed E-state index contributed by atoms with van der Waals surface area (Å²) >= 11 is 0. The van der Waals surface area contributed by atoms with Gasteiger partial charge in [0.2, 0.25) is 0 Å². The normalized spacial score (nSPS) is 10.6. The van der Waals surface area contributed by atoms with Crippen molar-refractivity contribution in [3.05, 3.63) is 36.4 Å². The van der Waals surface area contributed by atoms with Crippen LogP contribution in [-0.4, -0.2) is 25.8 Å². The second-order valence-electron chi connectivity index (χ2n) is 6.12. The number of benzene rings is 2. The molecule has 0 saturated heterocycles. The number of carbonyl (C=O) groups excluding carboxylic acids is 1. The lowest BCUT2D eigenvalue weighted by atomic mass is 10.1. The van der Waals surface area contributed by atoms with E-state index in [1.165, 1.54) is 6.92 Å². The van der Waals surface area contributed by atoms with Gasteiger partial charge in [-0.2, -0.15) is 0 Å². The van der Waals surface area contributed by atoms with Gasteiger partial charge in [-0.15, -0.1) is 0 Å². The molecule has 0 unspecified atom stereocenters. The van der Waals surface area contributed by atoms with Gasteiger partial charge in [0, 0.05) is 6.92 Å². The predicted molar refractivity (Wildman–Crippen MR) is 100 cm³/mol. The van der Waals surface area contributed by atoms with Crippen molar-refractivity contribution in [2.75, 3.05) is 19.8 Å². The molecule has 0 N–H and O–H groups in total. The van der Waals surface area contributed by atoms with Gasteiger partial charge < -0.3 is 14.2 Å². The fraction of sp³-hybridized carbons (Fsp3) is 0.476. The van der Waals surface area contributed by atoms with Crippen LogP contribution in [0.25, 0.3) is 10.8 Å². The maximum Gasteiger partial charge on any atom is 0.302 e. The van der Waals surface area contributed by atoms with Crippen LogP contribution in [0, 0.1) is 0 Å². The van der Waals surface area contributed by atoms with Gasteiger partial charge in [0.15, 0.2) is 0 Å². The number of ether oxygens (including phenoxy) is 3. The Morgan fingerprint density at radius 2 is 1.36 bits per heavy atom. The Morgan fingerprint density at radius 1 is 0.800 bits per heavy atom. The predicted octanol–water partition coefficient (Wildman–Crippen LogP) is 5.13. The molecule has 0 atom stereocenters. The molecule has 0 radical (unpaired) electrons. The summed E-state index contributed by atoms with van der Waals surface area (Å²) in [5, 5.41) is 2.31. The first-order valence-electron chi connectivity index (χ1n) is 9.12. The van der Waals surface area contributed by atoms with Crippen LogP contribution < -0.4 is 9.47 Å². The highest BCUT2D eigenvalue weighted by atomic mass is 16.5. The van der Waals surface area contributed by atoms with Crippen molar-refractivity contribution < 1.29 is 19.0 Å². The van der Waals surface area contributed by atoms with Gasteiger partial charge in [-0.1, -0.05) is 19.1 Å². The van der Waals surface area contributed by atoms with E-state index in [1.54, 1.807) is 0 Å². The zero-order valence-electron chi connectivity index (χ0n) is 15.3. The highest BCUT2D eigenvalue weighted by Gasteiger charge is 2.01. The minimum absolute atomic E-state index is 0.205. The third-order valence-electron chi connectivity index (χ3n) is 3.87. The number of hydrogen-bond donors (Lipinski definition) is 0. The summed E-state index contributed by atoms with van der Waals surface area (Å²) in [6.45, 7) is 5.51. The zero-order chi connectivity index (χ0) is 17.9. The van der Waals surface area contributed by atoms with E-state index in [1.807, 2.05) is 12.1 Å². The highest BCUT2D eigenvalue weighted by molar-refractivity contribution is 5.85. The van der Waals surface area contributed by atoms with Crippen molar-refractivity contribution in [2.24, 2.45) is 0 Å².